The Kier molecular flexibility index (Phi) is 6.54. The van der Waals surface area contributed by atoms with Crippen molar-refractivity contribution in [2.45, 2.75) is 64.9 Å². The van der Waals surface area contributed by atoms with Crippen LogP contribution in [0.2, 0.25) is 0 Å². The molecule has 0 radical (unpaired) electrons. The van der Waals surface area contributed by atoms with Crippen molar-refractivity contribution < 1.29 is 34.8 Å². The summed E-state index contributed by atoms with van der Waals surface area (Å²) in [6.07, 6.45) is 2.69. The van der Waals surface area contributed by atoms with Crippen LogP contribution in [0.4, 0.5) is 5.69 Å². The summed E-state index contributed by atoms with van der Waals surface area (Å²) in [6.45, 7) is 5.35. The molecule has 0 spiro atoms. The average Bonchev–Trinajstić information content (AvgIpc) is 2.77. The molecule has 1 aromatic rings. The lowest BCUT2D eigenvalue weighted by Gasteiger charge is -2.46. The average molecular weight is 498 g/mol. The number of hydrogen-bond donors (Lipinski definition) is 4. The maximum Gasteiger partial charge on any atom is 0.209 e. The Morgan fingerprint density at radius 3 is 2.42 bits per heavy atom. The van der Waals surface area contributed by atoms with Gasteiger partial charge in [0, 0.05) is 37.7 Å². The van der Waals surface area contributed by atoms with Crippen LogP contribution in [0.5, 0.6) is 5.75 Å². The highest BCUT2D eigenvalue weighted by molar-refractivity contribution is 6.25. The molecule has 8 heteroatoms. The number of aromatic hydroxyl groups is 1. The first-order chi connectivity index (χ1) is 16.8. The molecule has 4 rings (SSSR count). The van der Waals surface area contributed by atoms with Gasteiger partial charge in [0.2, 0.25) is 5.78 Å². The van der Waals surface area contributed by atoms with Gasteiger partial charge in [0.15, 0.2) is 17.2 Å². The van der Waals surface area contributed by atoms with Crippen LogP contribution in [0, 0.1) is 17.8 Å². The standard InChI is InChI=1S/C28H35NO7/c1-13(2)7-6-8-15-11-19(29(4)5)18-10-16-9-17-12-20(31)21(14(3)30)26(34)28(17,36)27(35)22(16)25(33)23(18)24(15)32/h11,13,16-17,31-32,35-36H,6-10,12H2,1-5H3. The summed E-state index contributed by atoms with van der Waals surface area (Å²) in [5.41, 5.74) is -0.927. The van der Waals surface area contributed by atoms with Crippen LogP contribution in [0.25, 0.3) is 0 Å². The first kappa shape index (κ1) is 25.9. The van der Waals surface area contributed by atoms with Crippen LogP contribution in [0.3, 0.4) is 0 Å². The predicted molar refractivity (Wildman–Crippen MR) is 134 cm³/mol. The molecule has 3 aliphatic carbocycles. The lowest BCUT2D eigenvalue weighted by molar-refractivity contribution is -0.144. The summed E-state index contributed by atoms with van der Waals surface area (Å²) < 4.78 is 0. The van der Waals surface area contributed by atoms with Gasteiger partial charge in [0.05, 0.1) is 5.56 Å². The van der Waals surface area contributed by atoms with Gasteiger partial charge >= 0.3 is 0 Å². The molecule has 3 aliphatic rings. The monoisotopic (exact) mass is 497 g/mol. The summed E-state index contributed by atoms with van der Waals surface area (Å²) in [6, 6.07) is 1.91. The van der Waals surface area contributed by atoms with Gasteiger partial charge in [-0.05, 0) is 61.6 Å². The Bertz CT molecular complexity index is 1220. The van der Waals surface area contributed by atoms with Gasteiger partial charge in [0.1, 0.15) is 22.8 Å². The maximum absolute atomic E-state index is 13.8. The molecule has 0 saturated carbocycles. The van der Waals surface area contributed by atoms with Gasteiger partial charge in [-0.2, -0.15) is 0 Å². The number of carbonyl (C=O) groups is 3. The molecular formula is C28H35NO7. The molecule has 0 amide bonds. The van der Waals surface area contributed by atoms with E-state index in [2.05, 4.69) is 13.8 Å². The minimum Gasteiger partial charge on any atom is -0.511 e. The fraction of sp³-hybridized carbons (Fsp3) is 0.536. The number of phenolic OH excluding ortho intramolecular Hbond substituents is 1. The molecule has 0 fully saturated rings. The van der Waals surface area contributed by atoms with Gasteiger partial charge in [-0.1, -0.05) is 20.3 Å². The fourth-order valence-electron chi connectivity index (χ4n) is 6.12. The van der Waals surface area contributed by atoms with Crippen LogP contribution >= 0.6 is 0 Å². The van der Waals surface area contributed by atoms with Crippen molar-refractivity contribution in [3.8, 4) is 5.75 Å². The molecule has 0 saturated heterocycles. The van der Waals surface area contributed by atoms with E-state index in [4.69, 9.17) is 0 Å². The van der Waals surface area contributed by atoms with E-state index in [9.17, 15) is 34.8 Å². The van der Waals surface area contributed by atoms with E-state index in [1.165, 1.54) is 0 Å². The van der Waals surface area contributed by atoms with Crippen molar-refractivity contribution in [3.63, 3.8) is 0 Å². The quantitative estimate of drug-likeness (QED) is 0.437. The number of rotatable bonds is 6. The topological polar surface area (TPSA) is 135 Å². The number of aryl methyl sites for hydroxylation is 1. The molecule has 8 nitrogen and oxygen atoms in total. The number of ketones is 3. The van der Waals surface area contributed by atoms with Crippen molar-refractivity contribution >= 4 is 23.0 Å². The molecule has 36 heavy (non-hydrogen) atoms. The smallest absolute Gasteiger partial charge is 0.209 e. The third-order valence-corrected chi connectivity index (χ3v) is 7.93. The van der Waals surface area contributed by atoms with E-state index in [1.54, 1.807) is 0 Å². The van der Waals surface area contributed by atoms with Crippen LogP contribution in [-0.2, 0) is 22.4 Å². The highest BCUT2D eigenvalue weighted by Gasteiger charge is 2.59. The lowest BCUT2D eigenvalue weighted by atomic mass is 9.60. The van der Waals surface area contributed by atoms with Crippen molar-refractivity contribution in [2.24, 2.45) is 17.8 Å². The molecule has 0 bridgehead atoms. The molecule has 0 heterocycles. The Hall–Kier alpha value is -3.13. The highest BCUT2D eigenvalue weighted by Crippen LogP contribution is 2.52. The summed E-state index contributed by atoms with van der Waals surface area (Å²) >= 11 is 0. The Labute approximate surface area is 210 Å². The van der Waals surface area contributed by atoms with Crippen molar-refractivity contribution in [1.82, 2.24) is 0 Å². The maximum atomic E-state index is 13.8. The number of phenols is 1. The molecular weight excluding hydrogens is 462 g/mol. The normalized spacial score (nSPS) is 25.6. The second-order valence-electron chi connectivity index (χ2n) is 11.0. The zero-order chi connectivity index (χ0) is 26.7. The number of Topliss-reactive ketones (excluding diaryl/α,β-unsaturated/α-hetero) is 3. The third kappa shape index (κ3) is 3.82. The van der Waals surface area contributed by atoms with Gasteiger partial charge < -0.3 is 25.3 Å². The van der Waals surface area contributed by atoms with Crippen molar-refractivity contribution in [1.29, 1.82) is 0 Å². The molecule has 194 valence electrons. The fourth-order valence-corrected chi connectivity index (χ4v) is 6.12. The van der Waals surface area contributed by atoms with Crippen LogP contribution in [-0.4, -0.2) is 57.5 Å². The largest absolute Gasteiger partial charge is 0.511 e. The molecule has 4 N–H and O–H groups in total. The number of nitrogens with zero attached hydrogens (tertiary/aromatic N) is 1. The summed E-state index contributed by atoms with van der Waals surface area (Å²) in [5, 5.41) is 44.2. The van der Waals surface area contributed by atoms with Crippen molar-refractivity contribution in [2.75, 3.05) is 19.0 Å². The van der Waals surface area contributed by atoms with Gasteiger partial charge in [-0.25, -0.2) is 0 Å². The van der Waals surface area contributed by atoms with Crippen LogP contribution in [0.1, 0.15) is 67.9 Å². The zero-order valence-electron chi connectivity index (χ0n) is 21.5. The van der Waals surface area contributed by atoms with Gasteiger partial charge in [-0.15, -0.1) is 0 Å². The number of anilines is 1. The van der Waals surface area contributed by atoms with Crippen LogP contribution in [0.15, 0.2) is 28.7 Å². The number of carbonyl (C=O) groups excluding carboxylic acids is 3. The number of hydrogen-bond acceptors (Lipinski definition) is 8. The SMILES string of the molecule is CC(=O)C1=C(O)CC2CC3Cc4c(N(C)C)cc(CCCC(C)C)c(O)c4C(=O)C3=C(O)C2(O)C1=O. The highest BCUT2D eigenvalue weighted by atomic mass is 16.3. The van der Waals surface area contributed by atoms with E-state index in [1.807, 2.05) is 25.1 Å². The molecule has 1 aromatic carbocycles. The third-order valence-electron chi connectivity index (χ3n) is 7.93. The minimum atomic E-state index is -2.47. The Morgan fingerprint density at radius 1 is 1.17 bits per heavy atom. The van der Waals surface area contributed by atoms with E-state index in [0.29, 0.717) is 29.9 Å². The molecule has 0 aliphatic heterocycles. The van der Waals surface area contributed by atoms with Crippen molar-refractivity contribution in [3.05, 3.63) is 45.4 Å². The zero-order valence-corrected chi connectivity index (χ0v) is 21.5. The lowest BCUT2D eigenvalue weighted by Crippen LogP contribution is -2.56. The molecule has 0 aromatic heterocycles. The number of fused-ring (bicyclic) bond motifs is 3. The Morgan fingerprint density at radius 2 is 1.83 bits per heavy atom. The summed E-state index contributed by atoms with van der Waals surface area (Å²) in [5.74, 6) is -4.63. The number of allylic oxidation sites excluding steroid dienone is 2. The minimum absolute atomic E-state index is 0.0917. The van der Waals surface area contributed by atoms with Gasteiger partial charge in [-0.3, -0.25) is 14.4 Å². The predicted octanol–water partition coefficient (Wildman–Crippen LogP) is 3.73. The van der Waals surface area contributed by atoms with E-state index >= 15 is 0 Å². The van der Waals surface area contributed by atoms with Crippen LogP contribution < -0.4 is 4.90 Å². The van der Waals surface area contributed by atoms with E-state index in [-0.39, 0.29) is 29.7 Å². The number of benzene rings is 1. The second kappa shape index (κ2) is 9.07. The first-order valence-electron chi connectivity index (χ1n) is 12.5. The summed E-state index contributed by atoms with van der Waals surface area (Å²) in [4.78, 5) is 40.9. The number of aliphatic hydroxyl groups excluding tert-OH is 2. The molecule has 3 unspecified atom stereocenters. The second-order valence-corrected chi connectivity index (χ2v) is 11.0. The molecule has 3 atom stereocenters. The first-order valence-corrected chi connectivity index (χ1v) is 12.5. The van der Waals surface area contributed by atoms with E-state index < -0.39 is 51.9 Å². The van der Waals surface area contributed by atoms with E-state index in [0.717, 1.165) is 25.5 Å². The Balaban J connectivity index is 1.86. The van der Waals surface area contributed by atoms with Gasteiger partial charge in [0.25, 0.3) is 0 Å². The number of aliphatic hydroxyl groups is 3. The summed E-state index contributed by atoms with van der Waals surface area (Å²) in [7, 11) is 3.73.